The Hall–Kier alpha value is -8.40. The van der Waals surface area contributed by atoms with Crippen molar-refractivity contribution in [2.45, 2.75) is 173 Å². The highest BCUT2D eigenvalue weighted by Crippen LogP contribution is 2.16. The number of rotatable bonds is 39. The van der Waals surface area contributed by atoms with Crippen molar-refractivity contribution in [3.8, 4) is 5.75 Å². The molecule has 0 unspecified atom stereocenters. The third-order valence-corrected chi connectivity index (χ3v) is 13.5. The minimum absolute atomic E-state index is 0.0423. The first-order valence-corrected chi connectivity index (χ1v) is 28.0. The lowest BCUT2D eigenvalue weighted by Crippen LogP contribution is -2.61. The zero-order valence-corrected chi connectivity index (χ0v) is 48.6. The quantitative estimate of drug-likeness (QED) is 0.0211. The fourth-order valence-corrected chi connectivity index (χ4v) is 8.48. The summed E-state index contributed by atoms with van der Waals surface area (Å²) in [6.45, 7) is 10.3. The van der Waals surface area contributed by atoms with Crippen LogP contribution in [0.15, 0.2) is 59.6 Å². The molecule has 0 aliphatic heterocycles. The number of nitrogens with two attached hydrogens (primary N) is 4. The summed E-state index contributed by atoms with van der Waals surface area (Å²) in [7, 11) is 0. The Morgan fingerprint density at radius 1 is 0.524 bits per heavy atom. The highest BCUT2D eigenvalue weighted by molar-refractivity contribution is 5.99. The van der Waals surface area contributed by atoms with E-state index >= 15 is 0 Å². The smallest absolute Gasteiger partial charge is 0.326 e. The number of carboxylic acids is 3. The van der Waals surface area contributed by atoms with Crippen molar-refractivity contribution in [1.29, 1.82) is 0 Å². The average Bonchev–Trinajstić information content (AvgIpc) is 3.45. The van der Waals surface area contributed by atoms with E-state index in [0.29, 0.717) is 30.4 Å². The van der Waals surface area contributed by atoms with Gasteiger partial charge in [0.15, 0.2) is 5.96 Å². The van der Waals surface area contributed by atoms with Gasteiger partial charge in [-0.15, -0.1) is 0 Å². The van der Waals surface area contributed by atoms with E-state index in [1.54, 1.807) is 51.1 Å². The summed E-state index contributed by atoms with van der Waals surface area (Å²) in [5, 5.41) is 59.4. The van der Waals surface area contributed by atoms with E-state index in [1.165, 1.54) is 38.1 Å². The van der Waals surface area contributed by atoms with E-state index in [4.69, 9.17) is 22.9 Å². The summed E-state index contributed by atoms with van der Waals surface area (Å²) in [4.78, 5) is 153. The fourth-order valence-electron chi connectivity index (χ4n) is 8.48. The van der Waals surface area contributed by atoms with Gasteiger partial charge in [0.25, 0.3) is 0 Å². The molecule has 2 aromatic rings. The third-order valence-electron chi connectivity index (χ3n) is 13.5. The number of hydrogen-bond acceptors (Lipinski definition) is 15. The number of phenols is 1. The number of carboxylic acid groups (broad SMARTS) is 3. The summed E-state index contributed by atoms with van der Waals surface area (Å²) < 4.78 is 0. The number of carbonyl (C=O) groups is 11. The average molecular weight is 1180 g/mol. The van der Waals surface area contributed by atoms with E-state index < -0.39 is 145 Å². The third kappa shape index (κ3) is 26.7. The van der Waals surface area contributed by atoms with E-state index in [9.17, 15) is 73.2 Å². The van der Waals surface area contributed by atoms with Gasteiger partial charge in [0.05, 0.1) is 12.5 Å². The van der Waals surface area contributed by atoms with Crippen LogP contribution in [0, 0.1) is 17.8 Å². The maximum atomic E-state index is 14.7. The fraction of sp³-hybridized carbons (Fsp3) is 0.571. The number of phenolic OH excluding ortho intramolecular Hbond substituents is 1. The molecule has 2 aromatic carbocycles. The van der Waals surface area contributed by atoms with Crippen LogP contribution in [0.25, 0.3) is 0 Å². The molecular formula is C56H87N13O15. The van der Waals surface area contributed by atoms with Gasteiger partial charge < -0.3 is 85.9 Å². The molecule has 0 heterocycles. The van der Waals surface area contributed by atoms with Crippen molar-refractivity contribution in [1.82, 2.24) is 42.5 Å². The predicted molar refractivity (Wildman–Crippen MR) is 309 cm³/mol. The molecular weight excluding hydrogens is 1090 g/mol. The standard InChI is InChI=1S/C56H87N13O15/c1-7-32(6)45(58)54(82)64-36(16-11-12-24-57)47(75)63-38(22-23-43(71)72)49(77)65-39(26-30(2)3)50(78)62-37(17-13-25-61-56(59)60)48(76)66-41(28-34-18-20-35(70)21-19-34)51(79)67-40(27-33-14-9-8-10-15-33)52(80)68-42(29-44(73)74)53(81)69-46(31(4)5)55(83)84/h8-10,14-15,18-21,30-32,36-42,45-46,70H,7,11-13,16-17,22-29,57-58H2,1-6H3,(H,62,78)(H,63,75)(H,64,82)(H,65,77)(H,66,76)(H,67,79)(H,68,80)(H,69,81)(H,71,72)(H,73,74)(H,83,84)(H4,59,60,61)/t32-,36-,37-,38-,39-,40-,41-,42-,45-,46-/m0/s1. The molecule has 8 amide bonds. The second-order valence-corrected chi connectivity index (χ2v) is 21.4. The monoisotopic (exact) mass is 1180 g/mol. The first-order valence-electron chi connectivity index (χ1n) is 28.0. The molecule has 0 spiro atoms. The van der Waals surface area contributed by atoms with E-state index in [-0.39, 0.29) is 75.2 Å². The minimum Gasteiger partial charge on any atom is -0.508 e. The van der Waals surface area contributed by atoms with E-state index in [2.05, 4.69) is 47.5 Å². The number of carbonyl (C=O) groups excluding carboxylic acids is 8. The van der Waals surface area contributed by atoms with Gasteiger partial charge in [0.2, 0.25) is 47.3 Å². The zero-order valence-electron chi connectivity index (χ0n) is 48.6. The maximum Gasteiger partial charge on any atom is 0.326 e. The summed E-state index contributed by atoms with van der Waals surface area (Å²) in [5.74, 6) is -13.4. The van der Waals surface area contributed by atoms with Crippen molar-refractivity contribution in [2.24, 2.45) is 45.7 Å². The van der Waals surface area contributed by atoms with E-state index in [0.717, 1.165) is 0 Å². The van der Waals surface area contributed by atoms with Crippen LogP contribution in [-0.2, 0) is 65.6 Å². The molecule has 84 heavy (non-hydrogen) atoms. The first-order chi connectivity index (χ1) is 39.6. The number of aliphatic carboxylic acids is 3. The molecule has 10 atom stereocenters. The number of aliphatic imine (C=N–C) groups is 1. The molecule has 0 aromatic heterocycles. The Balaban J connectivity index is 2.65. The minimum atomic E-state index is -1.83. The Kier molecular flexibility index (Phi) is 31.5. The highest BCUT2D eigenvalue weighted by Gasteiger charge is 2.37. The van der Waals surface area contributed by atoms with Gasteiger partial charge in [-0.1, -0.05) is 90.4 Å². The van der Waals surface area contributed by atoms with Gasteiger partial charge in [0, 0.05) is 25.8 Å². The predicted octanol–water partition coefficient (Wildman–Crippen LogP) is -1.26. The Bertz CT molecular complexity index is 2550. The number of unbranched alkanes of at least 4 members (excludes halogenated alkanes) is 1. The van der Waals surface area contributed by atoms with Gasteiger partial charge in [-0.3, -0.25) is 52.9 Å². The van der Waals surface area contributed by atoms with Gasteiger partial charge in [-0.25, -0.2) is 4.79 Å². The van der Waals surface area contributed by atoms with Crippen molar-refractivity contribution in [3.63, 3.8) is 0 Å². The molecule has 20 N–H and O–H groups in total. The number of nitrogens with one attached hydrogen (secondary N) is 8. The largest absolute Gasteiger partial charge is 0.508 e. The lowest BCUT2D eigenvalue weighted by molar-refractivity contribution is -0.144. The number of nitrogens with zero attached hydrogens (tertiary/aromatic N) is 1. The number of amides is 8. The number of aromatic hydroxyl groups is 1. The molecule has 0 saturated heterocycles. The van der Waals surface area contributed by atoms with Gasteiger partial charge in [-0.05, 0) is 92.5 Å². The first kappa shape index (κ1) is 71.7. The summed E-state index contributed by atoms with van der Waals surface area (Å²) >= 11 is 0. The van der Waals surface area contributed by atoms with Crippen molar-refractivity contribution in [2.75, 3.05) is 13.1 Å². The number of benzene rings is 2. The molecule has 0 radical (unpaired) electrons. The lowest BCUT2D eigenvalue weighted by atomic mass is 9.98. The number of hydrogen-bond donors (Lipinski definition) is 16. The van der Waals surface area contributed by atoms with Crippen LogP contribution in [-0.4, -0.2) is 159 Å². The molecule has 0 bridgehead atoms. The molecule has 28 heteroatoms. The van der Waals surface area contributed by atoms with Crippen LogP contribution >= 0.6 is 0 Å². The maximum absolute atomic E-state index is 14.7. The SMILES string of the molecule is CC[C@H](C)[C@H](N)C(=O)N[C@@H](CCCCN)C(=O)N[C@@H](CCC(=O)O)C(=O)N[C@@H](CC(C)C)C(=O)N[C@@H](CCCN=C(N)N)C(=O)N[C@@H](Cc1ccc(O)cc1)C(=O)N[C@@H](Cc1ccccc1)C(=O)N[C@@H](CC(=O)O)C(=O)N[C@H](C(=O)O)C(C)C. The van der Waals surface area contributed by atoms with E-state index in [1.807, 2.05) is 6.92 Å². The molecule has 28 nitrogen and oxygen atoms in total. The summed E-state index contributed by atoms with van der Waals surface area (Å²) in [5.41, 5.74) is 23.8. The second kappa shape index (κ2) is 36.9. The lowest BCUT2D eigenvalue weighted by Gasteiger charge is -2.29. The Labute approximate surface area is 488 Å². The van der Waals surface area contributed by atoms with Crippen LogP contribution in [0.3, 0.4) is 0 Å². The molecule has 0 fully saturated rings. The van der Waals surface area contributed by atoms with Gasteiger partial charge >= 0.3 is 17.9 Å². The topological polar surface area (TPSA) is 481 Å². The van der Waals surface area contributed by atoms with Gasteiger partial charge in [-0.2, -0.15) is 0 Å². The van der Waals surface area contributed by atoms with Crippen LogP contribution < -0.4 is 65.5 Å². The summed E-state index contributed by atoms with van der Waals surface area (Å²) in [6.07, 6.45) is -1.27. The Morgan fingerprint density at radius 2 is 0.964 bits per heavy atom. The van der Waals surface area contributed by atoms with Crippen LogP contribution in [0.2, 0.25) is 0 Å². The van der Waals surface area contributed by atoms with Crippen LogP contribution in [0.5, 0.6) is 5.75 Å². The van der Waals surface area contributed by atoms with Crippen molar-refractivity contribution < 1.29 is 73.2 Å². The summed E-state index contributed by atoms with van der Waals surface area (Å²) in [6, 6.07) is 0.575. The van der Waals surface area contributed by atoms with Crippen molar-refractivity contribution >= 4 is 71.1 Å². The normalized spacial score (nSPS) is 14.7. The second-order valence-electron chi connectivity index (χ2n) is 21.4. The molecule has 0 aliphatic rings. The molecule has 466 valence electrons. The zero-order chi connectivity index (χ0) is 63.2. The highest BCUT2D eigenvalue weighted by atomic mass is 16.4. The van der Waals surface area contributed by atoms with Crippen LogP contribution in [0.1, 0.15) is 117 Å². The molecule has 2 rings (SSSR count). The van der Waals surface area contributed by atoms with Crippen molar-refractivity contribution in [3.05, 3.63) is 65.7 Å². The molecule has 0 saturated carbocycles. The van der Waals surface area contributed by atoms with Crippen LogP contribution in [0.4, 0.5) is 0 Å². The Morgan fingerprint density at radius 3 is 1.43 bits per heavy atom. The molecule has 0 aliphatic carbocycles. The number of guanidine groups is 1. The van der Waals surface area contributed by atoms with Gasteiger partial charge in [0.1, 0.15) is 54.1 Å².